The largest absolute Gasteiger partial charge is 0.242 e. The van der Waals surface area contributed by atoms with E-state index in [1.54, 1.807) is 18.2 Å². The van der Waals surface area contributed by atoms with Gasteiger partial charge in [0.05, 0.1) is 5.02 Å². The minimum Gasteiger partial charge on any atom is -0.207 e. The monoisotopic (exact) mass is 321 g/mol. The van der Waals surface area contributed by atoms with Gasteiger partial charge < -0.3 is 0 Å². The molecule has 0 aliphatic heterocycles. The number of benzene rings is 2. The molecular formula is C16H16ClNO2S. The summed E-state index contributed by atoms with van der Waals surface area (Å²) in [6.07, 6.45) is 1.67. The molecule has 3 nitrogen and oxygen atoms in total. The number of nitrogens with one attached hydrogen (secondary N) is 1. The average molecular weight is 322 g/mol. The number of aryl methyl sites for hydroxylation is 2. The Balaban J connectivity index is 1.91. The summed E-state index contributed by atoms with van der Waals surface area (Å²) in [6, 6.07) is 12.7. The summed E-state index contributed by atoms with van der Waals surface area (Å²) < 4.78 is 27.8. The molecule has 110 valence electrons. The Bertz CT molecular complexity index is 787. The molecule has 0 aromatic heterocycles. The Morgan fingerprint density at radius 1 is 1.19 bits per heavy atom. The summed E-state index contributed by atoms with van der Waals surface area (Å²) in [7, 11) is -3.62. The molecule has 0 radical (unpaired) electrons. The van der Waals surface area contributed by atoms with Gasteiger partial charge in [0.15, 0.2) is 0 Å². The quantitative estimate of drug-likeness (QED) is 0.938. The Morgan fingerprint density at radius 3 is 2.71 bits per heavy atom. The minimum atomic E-state index is -3.62. The van der Waals surface area contributed by atoms with Crippen LogP contribution in [0.5, 0.6) is 0 Å². The maximum atomic E-state index is 12.5. The fourth-order valence-corrected chi connectivity index (χ4v) is 4.60. The molecule has 2 aromatic rings. The molecule has 0 saturated heterocycles. The summed E-state index contributed by atoms with van der Waals surface area (Å²) >= 11 is 6.08. The first-order chi connectivity index (χ1) is 9.97. The van der Waals surface area contributed by atoms with Crippen LogP contribution in [-0.2, 0) is 16.4 Å². The van der Waals surface area contributed by atoms with Gasteiger partial charge >= 0.3 is 0 Å². The highest BCUT2D eigenvalue weighted by Gasteiger charge is 2.28. The van der Waals surface area contributed by atoms with Crippen molar-refractivity contribution >= 4 is 21.6 Å². The van der Waals surface area contributed by atoms with Crippen LogP contribution in [0.15, 0.2) is 47.4 Å². The second-order valence-corrected chi connectivity index (χ2v) is 7.43. The molecule has 1 N–H and O–H groups in total. The van der Waals surface area contributed by atoms with Crippen molar-refractivity contribution in [3.63, 3.8) is 0 Å². The van der Waals surface area contributed by atoms with E-state index in [0.717, 1.165) is 24.0 Å². The number of hydrogen-bond donors (Lipinski definition) is 1. The summed E-state index contributed by atoms with van der Waals surface area (Å²) in [5.41, 5.74) is 3.20. The first-order valence-electron chi connectivity index (χ1n) is 6.84. The second-order valence-electron chi connectivity index (χ2n) is 5.35. The molecule has 0 spiro atoms. The molecular weight excluding hydrogens is 306 g/mol. The first-order valence-corrected chi connectivity index (χ1v) is 8.70. The van der Waals surface area contributed by atoms with Crippen LogP contribution in [0.4, 0.5) is 0 Å². The summed E-state index contributed by atoms with van der Waals surface area (Å²) in [5.74, 6) is 0. The fraction of sp³-hybridized carbons (Fsp3) is 0.250. The minimum absolute atomic E-state index is 0.138. The van der Waals surface area contributed by atoms with Crippen LogP contribution >= 0.6 is 11.6 Å². The summed E-state index contributed by atoms with van der Waals surface area (Å²) in [5, 5.41) is 0.258. The predicted octanol–water partition coefficient (Wildman–Crippen LogP) is 3.61. The molecule has 0 heterocycles. The fourth-order valence-electron chi connectivity index (χ4n) is 2.75. The third-order valence-electron chi connectivity index (χ3n) is 3.81. The molecule has 5 heteroatoms. The standard InChI is InChI=1S/C16H16ClNO2S/c1-11-6-9-16(14(17)10-11)21(19,20)18-15-8-7-12-4-2-3-5-13(12)15/h2-6,9-10,15,18H,7-8H2,1H3. The number of halogens is 1. The van der Waals surface area contributed by atoms with Gasteiger partial charge in [-0.2, -0.15) is 0 Å². The van der Waals surface area contributed by atoms with E-state index in [1.165, 1.54) is 5.56 Å². The van der Waals surface area contributed by atoms with Gasteiger partial charge in [-0.15, -0.1) is 0 Å². The number of hydrogen-bond acceptors (Lipinski definition) is 2. The Hall–Kier alpha value is -1.36. The van der Waals surface area contributed by atoms with Crippen LogP contribution in [0.2, 0.25) is 5.02 Å². The highest BCUT2D eigenvalue weighted by Crippen LogP contribution is 2.33. The van der Waals surface area contributed by atoms with Crippen molar-refractivity contribution < 1.29 is 8.42 Å². The average Bonchev–Trinajstić information content (AvgIpc) is 2.81. The van der Waals surface area contributed by atoms with E-state index in [-0.39, 0.29) is 16.0 Å². The van der Waals surface area contributed by atoms with Crippen LogP contribution in [0, 0.1) is 6.92 Å². The van der Waals surface area contributed by atoms with Crippen LogP contribution < -0.4 is 4.72 Å². The van der Waals surface area contributed by atoms with Crippen molar-refractivity contribution in [1.82, 2.24) is 4.72 Å². The van der Waals surface area contributed by atoms with E-state index < -0.39 is 10.0 Å². The maximum Gasteiger partial charge on any atom is 0.242 e. The lowest BCUT2D eigenvalue weighted by Crippen LogP contribution is -2.27. The lowest BCUT2D eigenvalue weighted by atomic mass is 10.1. The smallest absolute Gasteiger partial charge is 0.207 e. The highest BCUT2D eigenvalue weighted by atomic mass is 35.5. The Kier molecular flexibility index (Phi) is 3.78. The van der Waals surface area contributed by atoms with E-state index in [1.807, 2.05) is 31.2 Å². The van der Waals surface area contributed by atoms with Gasteiger partial charge in [-0.25, -0.2) is 13.1 Å². The highest BCUT2D eigenvalue weighted by molar-refractivity contribution is 7.89. The molecule has 0 saturated carbocycles. The first kappa shape index (κ1) is 14.6. The number of fused-ring (bicyclic) bond motifs is 1. The van der Waals surface area contributed by atoms with Gasteiger partial charge in [0, 0.05) is 6.04 Å². The predicted molar refractivity (Wildman–Crippen MR) is 84.0 cm³/mol. The normalized spacial score (nSPS) is 17.7. The summed E-state index contributed by atoms with van der Waals surface area (Å²) in [4.78, 5) is 0.138. The van der Waals surface area contributed by atoms with E-state index in [4.69, 9.17) is 11.6 Å². The molecule has 0 amide bonds. The van der Waals surface area contributed by atoms with Crippen molar-refractivity contribution in [1.29, 1.82) is 0 Å². The van der Waals surface area contributed by atoms with E-state index >= 15 is 0 Å². The van der Waals surface area contributed by atoms with Crippen molar-refractivity contribution in [2.45, 2.75) is 30.7 Å². The van der Waals surface area contributed by atoms with Gasteiger partial charge in [0.25, 0.3) is 0 Å². The van der Waals surface area contributed by atoms with Gasteiger partial charge in [-0.05, 0) is 48.6 Å². The van der Waals surface area contributed by atoms with Crippen LogP contribution in [-0.4, -0.2) is 8.42 Å². The topological polar surface area (TPSA) is 46.2 Å². The molecule has 1 aliphatic carbocycles. The molecule has 1 aliphatic rings. The third-order valence-corrected chi connectivity index (χ3v) is 5.76. The molecule has 1 unspecified atom stereocenters. The van der Waals surface area contributed by atoms with Crippen molar-refractivity contribution in [3.8, 4) is 0 Å². The molecule has 21 heavy (non-hydrogen) atoms. The molecule has 0 fully saturated rings. The zero-order valence-electron chi connectivity index (χ0n) is 11.6. The molecule has 1 atom stereocenters. The second kappa shape index (κ2) is 5.44. The zero-order chi connectivity index (χ0) is 15.0. The number of sulfonamides is 1. The van der Waals surface area contributed by atoms with Gasteiger partial charge in [0.1, 0.15) is 4.90 Å². The maximum absolute atomic E-state index is 12.5. The van der Waals surface area contributed by atoms with Crippen molar-refractivity contribution in [2.24, 2.45) is 0 Å². The van der Waals surface area contributed by atoms with Gasteiger partial charge in [0.2, 0.25) is 10.0 Å². The zero-order valence-corrected chi connectivity index (χ0v) is 13.2. The lowest BCUT2D eigenvalue weighted by Gasteiger charge is -2.15. The van der Waals surface area contributed by atoms with Gasteiger partial charge in [-0.1, -0.05) is 41.9 Å². The van der Waals surface area contributed by atoms with E-state index in [0.29, 0.717) is 0 Å². The molecule has 3 rings (SSSR count). The lowest BCUT2D eigenvalue weighted by molar-refractivity contribution is 0.554. The van der Waals surface area contributed by atoms with Crippen LogP contribution in [0.1, 0.15) is 29.2 Å². The SMILES string of the molecule is Cc1ccc(S(=O)(=O)NC2CCc3ccccc32)c(Cl)c1. The summed E-state index contributed by atoms with van der Waals surface area (Å²) in [6.45, 7) is 1.88. The Labute approximate surface area is 130 Å². The number of rotatable bonds is 3. The molecule has 2 aromatic carbocycles. The Morgan fingerprint density at radius 2 is 1.95 bits per heavy atom. The van der Waals surface area contributed by atoms with Crippen LogP contribution in [0.25, 0.3) is 0 Å². The van der Waals surface area contributed by atoms with Crippen molar-refractivity contribution in [3.05, 3.63) is 64.2 Å². The van der Waals surface area contributed by atoms with Gasteiger partial charge in [-0.3, -0.25) is 0 Å². The molecule has 0 bridgehead atoms. The van der Waals surface area contributed by atoms with Crippen molar-refractivity contribution in [2.75, 3.05) is 0 Å². The third kappa shape index (κ3) is 2.84. The van der Waals surface area contributed by atoms with E-state index in [9.17, 15) is 8.42 Å². The van der Waals surface area contributed by atoms with E-state index in [2.05, 4.69) is 4.72 Å². The van der Waals surface area contributed by atoms with Crippen LogP contribution in [0.3, 0.4) is 0 Å².